The Balaban J connectivity index is 2.09. The number of ether oxygens (including phenoxy) is 1. The van der Waals surface area contributed by atoms with Crippen molar-refractivity contribution in [2.75, 3.05) is 13.7 Å². The zero-order chi connectivity index (χ0) is 11.4. The molecule has 0 heterocycles. The fraction of sp³-hybridized carbons (Fsp3) is 0.833. The number of unbranched alkanes of at least 4 members (excludes halogenated alkanes) is 1. The summed E-state index contributed by atoms with van der Waals surface area (Å²) in [6, 6.07) is 0. The summed E-state index contributed by atoms with van der Waals surface area (Å²) in [4.78, 5) is 0. The highest BCUT2D eigenvalue weighted by Gasteiger charge is 2.41. The van der Waals surface area contributed by atoms with Crippen LogP contribution in [0.25, 0.3) is 0 Å². The molecule has 15 heavy (non-hydrogen) atoms. The topological polar surface area (TPSA) is 9.23 Å². The zero-order valence-electron chi connectivity index (χ0n) is 9.56. The van der Waals surface area contributed by atoms with E-state index in [4.69, 9.17) is 4.74 Å². The first-order chi connectivity index (χ1) is 6.97. The second-order valence-electron chi connectivity index (χ2n) is 4.68. The van der Waals surface area contributed by atoms with Crippen LogP contribution in [-0.4, -0.2) is 19.6 Å². The summed E-state index contributed by atoms with van der Waals surface area (Å²) in [5.41, 5.74) is 0.386. The maximum absolute atomic E-state index is 12.4. The highest BCUT2D eigenvalue weighted by molar-refractivity contribution is 4.95. The highest BCUT2D eigenvalue weighted by atomic mass is 19.3. The largest absolute Gasteiger partial charge is 0.384 e. The van der Waals surface area contributed by atoms with E-state index in [0.29, 0.717) is 5.41 Å². The van der Waals surface area contributed by atoms with Crippen LogP contribution in [0, 0.1) is 5.41 Å². The smallest absolute Gasteiger partial charge is 0.263 e. The van der Waals surface area contributed by atoms with Crippen molar-refractivity contribution in [3.05, 3.63) is 12.2 Å². The van der Waals surface area contributed by atoms with E-state index in [1.54, 1.807) is 13.2 Å². The summed E-state index contributed by atoms with van der Waals surface area (Å²) in [6.07, 6.45) is 7.86. The Labute approximate surface area is 90.5 Å². The van der Waals surface area contributed by atoms with Crippen LogP contribution in [0.15, 0.2) is 12.2 Å². The van der Waals surface area contributed by atoms with Crippen LogP contribution in [0.2, 0.25) is 0 Å². The van der Waals surface area contributed by atoms with Gasteiger partial charge in [0.15, 0.2) is 0 Å². The van der Waals surface area contributed by atoms with Gasteiger partial charge in [0, 0.05) is 14.0 Å². The van der Waals surface area contributed by atoms with Gasteiger partial charge in [0.25, 0.3) is 5.92 Å². The quantitative estimate of drug-likeness (QED) is 0.466. The van der Waals surface area contributed by atoms with Crippen LogP contribution in [0.4, 0.5) is 8.78 Å². The Bertz CT molecular complexity index is 214. The lowest BCUT2D eigenvalue weighted by Gasteiger charge is -2.12. The molecule has 1 aliphatic carbocycles. The molecule has 0 saturated heterocycles. The molecule has 0 aliphatic heterocycles. The SMILES string of the molecule is COCC1(CCCC=CC(C)(F)F)CC1. The summed E-state index contributed by atoms with van der Waals surface area (Å²) < 4.78 is 30.0. The van der Waals surface area contributed by atoms with E-state index in [9.17, 15) is 8.78 Å². The van der Waals surface area contributed by atoms with Crippen molar-refractivity contribution in [2.24, 2.45) is 5.41 Å². The van der Waals surface area contributed by atoms with E-state index >= 15 is 0 Å². The predicted octanol–water partition coefficient (Wildman–Crippen LogP) is 3.79. The van der Waals surface area contributed by atoms with Crippen LogP contribution in [0.3, 0.4) is 0 Å². The number of allylic oxidation sites excluding steroid dienone is 2. The molecule has 0 aromatic rings. The van der Waals surface area contributed by atoms with Gasteiger partial charge in [-0.25, -0.2) is 8.78 Å². The second kappa shape index (κ2) is 5.06. The Morgan fingerprint density at radius 2 is 2.07 bits per heavy atom. The summed E-state index contributed by atoms with van der Waals surface area (Å²) in [5.74, 6) is -2.66. The summed E-state index contributed by atoms with van der Waals surface area (Å²) >= 11 is 0. The molecule has 3 heteroatoms. The first-order valence-corrected chi connectivity index (χ1v) is 5.52. The summed E-state index contributed by atoms with van der Waals surface area (Å²) in [7, 11) is 1.72. The standard InChI is InChI=1S/C12H20F2O/c1-11(13,14)6-4-3-5-7-12(8-9-12)10-15-2/h4,6H,3,5,7-10H2,1-2H3. The third kappa shape index (κ3) is 5.26. The molecule has 0 atom stereocenters. The van der Waals surface area contributed by atoms with Gasteiger partial charge >= 0.3 is 0 Å². The molecule has 1 fully saturated rings. The summed E-state index contributed by atoms with van der Waals surface area (Å²) in [5, 5.41) is 0. The fourth-order valence-corrected chi connectivity index (χ4v) is 1.83. The van der Waals surface area contributed by atoms with Crippen molar-refractivity contribution in [2.45, 2.75) is 45.0 Å². The van der Waals surface area contributed by atoms with Gasteiger partial charge in [0.05, 0.1) is 6.61 Å². The van der Waals surface area contributed by atoms with Crippen LogP contribution in [0.5, 0.6) is 0 Å². The Morgan fingerprint density at radius 3 is 2.53 bits per heavy atom. The van der Waals surface area contributed by atoms with Gasteiger partial charge < -0.3 is 4.74 Å². The molecular formula is C12H20F2O. The number of methoxy groups -OCH3 is 1. The molecule has 0 aromatic heterocycles. The average molecular weight is 218 g/mol. The van der Waals surface area contributed by atoms with Gasteiger partial charge in [0.2, 0.25) is 0 Å². The zero-order valence-corrected chi connectivity index (χ0v) is 9.56. The van der Waals surface area contributed by atoms with Gasteiger partial charge in [-0.2, -0.15) is 0 Å². The lowest BCUT2D eigenvalue weighted by atomic mass is 10.00. The van der Waals surface area contributed by atoms with Gasteiger partial charge in [-0.15, -0.1) is 0 Å². The maximum Gasteiger partial charge on any atom is 0.263 e. The van der Waals surface area contributed by atoms with E-state index < -0.39 is 5.92 Å². The Morgan fingerprint density at radius 1 is 1.40 bits per heavy atom. The first kappa shape index (κ1) is 12.6. The van der Waals surface area contributed by atoms with Crippen molar-refractivity contribution in [3.63, 3.8) is 0 Å². The molecule has 1 aliphatic rings. The number of halogens is 2. The molecule has 1 saturated carbocycles. The summed E-state index contributed by atoms with van der Waals surface area (Å²) in [6.45, 7) is 1.73. The van der Waals surface area contributed by atoms with Crippen molar-refractivity contribution in [3.8, 4) is 0 Å². The number of hydrogen-bond acceptors (Lipinski definition) is 1. The number of alkyl halides is 2. The molecule has 0 N–H and O–H groups in total. The molecule has 0 aromatic carbocycles. The molecule has 88 valence electrons. The lowest BCUT2D eigenvalue weighted by Crippen LogP contribution is -2.08. The van der Waals surface area contributed by atoms with Crippen molar-refractivity contribution in [1.29, 1.82) is 0 Å². The Kier molecular flexibility index (Phi) is 4.26. The normalized spacial score (nSPS) is 19.7. The van der Waals surface area contributed by atoms with Crippen LogP contribution in [-0.2, 0) is 4.74 Å². The molecule has 0 amide bonds. The molecule has 0 unspecified atom stereocenters. The molecular weight excluding hydrogens is 198 g/mol. The third-order valence-corrected chi connectivity index (χ3v) is 2.90. The predicted molar refractivity (Wildman–Crippen MR) is 57.2 cm³/mol. The average Bonchev–Trinajstić information content (AvgIpc) is 2.83. The van der Waals surface area contributed by atoms with E-state index in [2.05, 4.69) is 0 Å². The van der Waals surface area contributed by atoms with Crippen molar-refractivity contribution < 1.29 is 13.5 Å². The van der Waals surface area contributed by atoms with Crippen molar-refractivity contribution >= 4 is 0 Å². The Hall–Kier alpha value is -0.440. The molecule has 1 nitrogen and oxygen atoms in total. The molecule has 0 radical (unpaired) electrons. The van der Waals surface area contributed by atoms with E-state index in [0.717, 1.165) is 38.9 Å². The fourth-order valence-electron chi connectivity index (χ4n) is 1.83. The van der Waals surface area contributed by atoms with Gasteiger partial charge in [-0.05, 0) is 43.6 Å². The molecule has 0 bridgehead atoms. The second-order valence-corrected chi connectivity index (χ2v) is 4.68. The van der Waals surface area contributed by atoms with Crippen LogP contribution >= 0.6 is 0 Å². The van der Waals surface area contributed by atoms with Gasteiger partial charge in [0.1, 0.15) is 0 Å². The lowest BCUT2D eigenvalue weighted by molar-refractivity contribution is 0.0771. The van der Waals surface area contributed by atoms with Crippen LogP contribution < -0.4 is 0 Å². The van der Waals surface area contributed by atoms with Gasteiger partial charge in [-0.3, -0.25) is 0 Å². The number of hydrogen-bond donors (Lipinski definition) is 0. The van der Waals surface area contributed by atoms with E-state index in [-0.39, 0.29) is 0 Å². The van der Waals surface area contributed by atoms with Crippen LogP contribution in [0.1, 0.15) is 39.0 Å². The monoisotopic (exact) mass is 218 g/mol. The first-order valence-electron chi connectivity index (χ1n) is 5.52. The minimum atomic E-state index is -2.66. The highest BCUT2D eigenvalue weighted by Crippen LogP contribution is 2.49. The minimum absolute atomic E-state index is 0.386. The minimum Gasteiger partial charge on any atom is -0.384 e. The van der Waals surface area contributed by atoms with Gasteiger partial charge in [-0.1, -0.05) is 6.08 Å². The van der Waals surface area contributed by atoms with E-state index in [1.807, 2.05) is 0 Å². The molecule has 1 rings (SSSR count). The van der Waals surface area contributed by atoms with E-state index in [1.165, 1.54) is 12.8 Å². The molecule has 0 spiro atoms. The number of rotatable bonds is 7. The van der Waals surface area contributed by atoms with Crippen molar-refractivity contribution in [1.82, 2.24) is 0 Å². The maximum atomic E-state index is 12.4. The third-order valence-electron chi connectivity index (χ3n) is 2.90.